The second-order valence-electron chi connectivity index (χ2n) is 9.92. The molecule has 1 fully saturated rings. The van der Waals surface area contributed by atoms with Crippen LogP contribution in [0.3, 0.4) is 0 Å². The van der Waals surface area contributed by atoms with Crippen LogP contribution >= 0.6 is 0 Å². The first-order valence-corrected chi connectivity index (χ1v) is 12.3. The highest BCUT2D eigenvalue weighted by Gasteiger charge is 2.43. The van der Waals surface area contributed by atoms with Crippen molar-refractivity contribution in [2.24, 2.45) is 0 Å². The minimum atomic E-state index is -0.374. The quantitative estimate of drug-likeness (QED) is 0.727. The summed E-state index contributed by atoms with van der Waals surface area (Å²) in [4.78, 5) is 30.2. The van der Waals surface area contributed by atoms with Crippen LogP contribution in [0.25, 0.3) is 0 Å². The highest BCUT2D eigenvalue weighted by molar-refractivity contribution is 6.07. The van der Waals surface area contributed by atoms with E-state index in [1.54, 1.807) is 7.05 Å². The largest absolute Gasteiger partial charge is 0.359 e. The molecule has 1 saturated heterocycles. The number of fused-ring (bicyclic) bond motifs is 1. The Morgan fingerprint density at radius 2 is 1.97 bits per heavy atom. The molecule has 3 aliphatic rings. The van der Waals surface area contributed by atoms with Crippen molar-refractivity contribution in [3.8, 4) is 0 Å². The zero-order valence-electron chi connectivity index (χ0n) is 20.1. The Balaban J connectivity index is 1.46. The molecule has 5 nitrogen and oxygen atoms in total. The van der Waals surface area contributed by atoms with E-state index in [9.17, 15) is 9.59 Å². The number of hydrogen-bond acceptors (Lipinski definition) is 3. The monoisotopic (exact) mass is 447 g/mol. The van der Waals surface area contributed by atoms with Crippen LogP contribution in [0, 0.1) is 0 Å². The minimum absolute atomic E-state index is 0.0800. The molecular formula is C28H37N3O2. The topological polar surface area (TPSA) is 52.7 Å². The third-order valence-electron chi connectivity index (χ3n) is 7.72. The molecule has 0 spiro atoms. The second kappa shape index (κ2) is 10.1. The lowest BCUT2D eigenvalue weighted by Crippen LogP contribution is -2.54. The summed E-state index contributed by atoms with van der Waals surface area (Å²) < 4.78 is 0. The summed E-state index contributed by atoms with van der Waals surface area (Å²) in [6.45, 7) is 8.52. The number of rotatable bonds is 4. The molecule has 0 bridgehead atoms. The molecule has 0 aromatic heterocycles. The molecular weight excluding hydrogens is 410 g/mol. The van der Waals surface area contributed by atoms with Crippen molar-refractivity contribution >= 4 is 17.5 Å². The Kier molecular flexibility index (Phi) is 7.18. The molecule has 2 heterocycles. The lowest BCUT2D eigenvalue weighted by Gasteiger charge is -2.46. The number of carbonyl (C=O) groups is 2. The van der Waals surface area contributed by atoms with Gasteiger partial charge >= 0.3 is 0 Å². The molecule has 176 valence electrons. The van der Waals surface area contributed by atoms with Crippen molar-refractivity contribution < 1.29 is 9.59 Å². The molecule has 2 amide bonds. The Hall–Kier alpha value is -2.66. The summed E-state index contributed by atoms with van der Waals surface area (Å²) >= 11 is 0. The minimum Gasteiger partial charge on any atom is -0.359 e. The summed E-state index contributed by atoms with van der Waals surface area (Å²) in [5.41, 5.74) is 3.31. The van der Waals surface area contributed by atoms with E-state index in [0.29, 0.717) is 0 Å². The Morgan fingerprint density at radius 3 is 2.73 bits per heavy atom. The fraction of sp³-hybridized carbons (Fsp3) is 0.500. The smallest absolute Gasteiger partial charge is 0.235 e. The number of anilines is 1. The molecule has 1 aromatic carbocycles. The van der Waals surface area contributed by atoms with Gasteiger partial charge in [0.1, 0.15) is 0 Å². The number of likely N-dealkylation sites (tertiary alicyclic amines) is 1. The Labute approximate surface area is 198 Å². The van der Waals surface area contributed by atoms with E-state index in [1.165, 1.54) is 5.57 Å². The lowest BCUT2D eigenvalue weighted by molar-refractivity contribution is -0.126. The maximum absolute atomic E-state index is 13.5. The van der Waals surface area contributed by atoms with Crippen molar-refractivity contribution in [2.75, 3.05) is 25.0 Å². The molecule has 33 heavy (non-hydrogen) atoms. The van der Waals surface area contributed by atoms with E-state index >= 15 is 0 Å². The summed E-state index contributed by atoms with van der Waals surface area (Å²) in [6.07, 6.45) is 15.2. The molecule has 2 unspecified atom stereocenters. The predicted molar refractivity (Wildman–Crippen MR) is 134 cm³/mol. The highest BCUT2D eigenvalue weighted by Crippen LogP contribution is 2.42. The van der Waals surface area contributed by atoms with Gasteiger partial charge in [-0.2, -0.15) is 0 Å². The van der Waals surface area contributed by atoms with Gasteiger partial charge in [-0.3, -0.25) is 14.5 Å². The van der Waals surface area contributed by atoms with E-state index in [-0.39, 0.29) is 35.7 Å². The van der Waals surface area contributed by atoms with Gasteiger partial charge in [0.05, 0.1) is 5.92 Å². The average Bonchev–Trinajstić information content (AvgIpc) is 3.10. The van der Waals surface area contributed by atoms with Crippen molar-refractivity contribution in [2.45, 2.75) is 69.4 Å². The number of amides is 2. The molecule has 2 atom stereocenters. The summed E-state index contributed by atoms with van der Waals surface area (Å²) in [5, 5.41) is 2.67. The van der Waals surface area contributed by atoms with Crippen LogP contribution in [0.5, 0.6) is 0 Å². The lowest BCUT2D eigenvalue weighted by atomic mass is 9.85. The fourth-order valence-corrected chi connectivity index (χ4v) is 5.71. The van der Waals surface area contributed by atoms with Crippen LogP contribution < -0.4 is 10.2 Å². The van der Waals surface area contributed by atoms with Gasteiger partial charge in [0.25, 0.3) is 0 Å². The number of hydrogen-bond donors (Lipinski definition) is 1. The van der Waals surface area contributed by atoms with Crippen LogP contribution in [-0.2, 0) is 9.59 Å². The van der Waals surface area contributed by atoms with Gasteiger partial charge in [0.2, 0.25) is 11.8 Å². The van der Waals surface area contributed by atoms with Crippen molar-refractivity contribution in [3.63, 3.8) is 0 Å². The zero-order valence-corrected chi connectivity index (χ0v) is 20.1. The number of benzene rings is 1. The molecule has 1 N–H and O–H groups in total. The summed E-state index contributed by atoms with van der Waals surface area (Å²) in [6, 6.07) is 8.19. The first-order chi connectivity index (χ1) is 15.9. The normalized spacial score (nSPS) is 28.9. The van der Waals surface area contributed by atoms with Crippen molar-refractivity contribution in [1.29, 1.82) is 0 Å². The third-order valence-corrected chi connectivity index (χ3v) is 7.72. The van der Waals surface area contributed by atoms with E-state index in [2.05, 4.69) is 48.0 Å². The summed E-state index contributed by atoms with van der Waals surface area (Å²) in [5.74, 6) is -0.382. The second-order valence-corrected chi connectivity index (χ2v) is 9.92. The number of nitrogens with zero attached hydrogens (tertiary/aromatic N) is 2. The van der Waals surface area contributed by atoms with Gasteiger partial charge in [0, 0.05) is 43.8 Å². The number of nitrogens with one attached hydrogen (secondary N) is 1. The highest BCUT2D eigenvalue weighted by atomic mass is 16.2. The molecule has 0 radical (unpaired) electrons. The predicted octanol–water partition coefficient (Wildman–Crippen LogP) is 4.72. The van der Waals surface area contributed by atoms with Gasteiger partial charge in [-0.1, -0.05) is 54.7 Å². The fourth-order valence-electron chi connectivity index (χ4n) is 5.71. The SMILES string of the molecule is C=C1/C=C\C=C/CC(C)(N2CCC(N3C(=O)C(CC(=O)NC)c4ccccc43)CC2)CCC1. The van der Waals surface area contributed by atoms with Crippen LogP contribution in [-0.4, -0.2) is 48.4 Å². The maximum atomic E-state index is 13.5. The first-order valence-electron chi connectivity index (χ1n) is 12.3. The number of allylic oxidation sites excluding steroid dienone is 4. The van der Waals surface area contributed by atoms with Crippen LogP contribution in [0.1, 0.15) is 63.4 Å². The van der Waals surface area contributed by atoms with E-state index in [4.69, 9.17) is 0 Å². The van der Waals surface area contributed by atoms with E-state index < -0.39 is 0 Å². The van der Waals surface area contributed by atoms with E-state index in [0.717, 1.165) is 62.9 Å². The number of carbonyl (C=O) groups excluding carboxylic acids is 2. The van der Waals surface area contributed by atoms with Crippen LogP contribution in [0.15, 0.2) is 60.7 Å². The standard InChI is InChI=1S/C28H37N3O2/c1-21-10-5-4-8-16-28(2,17-9-11-21)30-18-14-22(15-19-30)31-25-13-7-6-12-23(25)24(27(31)33)20-26(32)29-3/h4-8,10,12-13,22,24H,1,9,11,14-20H2,2-3H3,(H,29,32)/b8-4-,10-5-. The summed E-state index contributed by atoms with van der Waals surface area (Å²) in [7, 11) is 1.63. The number of piperidine rings is 1. The van der Waals surface area contributed by atoms with Crippen molar-refractivity contribution in [3.05, 3.63) is 66.3 Å². The molecule has 0 saturated carbocycles. The van der Waals surface area contributed by atoms with Gasteiger partial charge in [0.15, 0.2) is 0 Å². The maximum Gasteiger partial charge on any atom is 0.235 e. The molecule has 1 aromatic rings. The van der Waals surface area contributed by atoms with Gasteiger partial charge in [-0.05, 0) is 57.1 Å². The average molecular weight is 448 g/mol. The Bertz CT molecular complexity index is 958. The van der Waals surface area contributed by atoms with Gasteiger partial charge in [-0.15, -0.1) is 0 Å². The van der Waals surface area contributed by atoms with Crippen LogP contribution in [0.2, 0.25) is 0 Å². The molecule has 2 aliphatic heterocycles. The molecule has 4 rings (SSSR count). The third kappa shape index (κ3) is 4.98. The molecule has 5 heteroatoms. The van der Waals surface area contributed by atoms with E-state index in [1.807, 2.05) is 29.2 Å². The Morgan fingerprint density at radius 1 is 1.21 bits per heavy atom. The van der Waals surface area contributed by atoms with Gasteiger partial charge < -0.3 is 10.2 Å². The van der Waals surface area contributed by atoms with Crippen molar-refractivity contribution in [1.82, 2.24) is 10.2 Å². The van der Waals surface area contributed by atoms with Crippen LogP contribution in [0.4, 0.5) is 5.69 Å². The first kappa shape index (κ1) is 23.5. The number of para-hydroxylation sites is 1. The molecule has 1 aliphatic carbocycles. The zero-order chi connectivity index (χ0) is 23.4. The van der Waals surface area contributed by atoms with Gasteiger partial charge in [-0.25, -0.2) is 0 Å².